The van der Waals surface area contributed by atoms with E-state index in [4.69, 9.17) is 4.74 Å². The Hall–Kier alpha value is -2.12. The molecule has 112 valence electrons. The van der Waals surface area contributed by atoms with Gasteiger partial charge in [-0.2, -0.15) is 0 Å². The van der Waals surface area contributed by atoms with Crippen LogP contribution in [0.25, 0.3) is 10.6 Å². The highest BCUT2D eigenvalue weighted by molar-refractivity contribution is 7.14. The van der Waals surface area contributed by atoms with Crippen molar-refractivity contribution in [2.75, 3.05) is 0 Å². The Kier molecular flexibility index (Phi) is 4.26. The summed E-state index contributed by atoms with van der Waals surface area (Å²) in [6.45, 7) is 3.73. The van der Waals surface area contributed by atoms with Gasteiger partial charge in [-0.15, -0.1) is 22.7 Å². The van der Waals surface area contributed by atoms with Crippen LogP contribution in [0.4, 0.5) is 0 Å². The normalized spacial score (nSPS) is 12.1. The molecule has 3 aromatic rings. The van der Waals surface area contributed by atoms with E-state index in [1.807, 2.05) is 18.4 Å². The number of ether oxygens (including phenoxy) is 1. The average Bonchev–Trinajstić information content (AvgIpc) is 3.16. The zero-order chi connectivity index (χ0) is 15.5. The number of esters is 1. The second-order valence-electron chi connectivity index (χ2n) is 4.63. The topological polar surface area (TPSA) is 65.0 Å². The largest absolute Gasteiger partial charge is 0.452 e. The van der Waals surface area contributed by atoms with Crippen molar-refractivity contribution in [3.63, 3.8) is 0 Å². The van der Waals surface area contributed by atoms with Crippen LogP contribution in [0.15, 0.2) is 35.4 Å². The number of nitrogens with zero attached hydrogens (tertiary/aromatic N) is 3. The molecule has 0 saturated carbocycles. The Morgan fingerprint density at radius 2 is 2.14 bits per heavy atom. The minimum atomic E-state index is -0.439. The molecule has 0 aliphatic heterocycles. The van der Waals surface area contributed by atoms with Crippen LogP contribution >= 0.6 is 22.7 Å². The first-order valence-corrected chi connectivity index (χ1v) is 8.37. The summed E-state index contributed by atoms with van der Waals surface area (Å²) in [6, 6.07) is 1.81. The molecule has 0 radical (unpaired) electrons. The van der Waals surface area contributed by atoms with E-state index in [0.717, 1.165) is 15.6 Å². The molecule has 5 nitrogen and oxygen atoms in total. The van der Waals surface area contributed by atoms with Crippen LogP contribution in [0.1, 0.15) is 34.1 Å². The van der Waals surface area contributed by atoms with Crippen molar-refractivity contribution in [1.82, 2.24) is 15.0 Å². The Morgan fingerprint density at radius 3 is 2.82 bits per heavy atom. The number of thiophene rings is 1. The predicted molar refractivity (Wildman–Crippen MR) is 86.0 cm³/mol. The zero-order valence-electron chi connectivity index (χ0n) is 12.0. The molecule has 0 amide bonds. The van der Waals surface area contributed by atoms with Crippen LogP contribution in [0.5, 0.6) is 0 Å². The number of hydrogen-bond donors (Lipinski definition) is 0. The SMILES string of the molecule is Cc1nc(-c2cc(C(=O)OC(C)c3cnccn3)cs2)cs1. The molecule has 1 atom stereocenters. The molecular formula is C15H13N3O2S2. The third kappa shape index (κ3) is 3.20. The van der Waals surface area contributed by atoms with E-state index in [1.54, 1.807) is 42.2 Å². The first-order valence-electron chi connectivity index (χ1n) is 6.61. The monoisotopic (exact) mass is 331 g/mol. The van der Waals surface area contributed by atoms with E-state index in [-0.39, 0.29) is 5.97 Å². The minimum Gasteiger partial charge on any atom is -0.452 e. The van der Waals surface area contributed by atoms with Crippen LogP contribution < -0.4 is 0 Å². The summed E-state index contributed by atoms with van der Waals surface area (Å²) in [6.07, 6.45) is 4.31. The molecule has 3 rings (SSSR count). The van der Waals surface area contributed by atoms with Crippen molar-refractivity contribution >= 4 is 28.6 Å². The second kappa shape index (κ2) is 6.33. The molecule has 0 bridgehead atoms. The quantitative estimate of drug-likeness (QED) is 0.679. The minimum absolute atomic E-state index is 0.368. The van der Waals surface area contributed by atoms with E-state index >= 15 is 0 Å². The van der Waals surface area contributed by atoms with Gasteiger partial charge in [0, 0.05) is 23.2 Å². The fourth-order valence-electron chi connectivity index (χ4n) is 1.86. The molecule has 0 N–H and O–H groups in total. The summed E-state index contributed by atoms with van der Waals surface area (Å²) >= 11 is 3.07. The Balaban J connectivity index is 1.72. The molecule has 22 heavy (non-hydrogen) atoms. The summed E-state index contributed by atoms with van der Waals surface area (Å²) < 4.78 is 5.42. The van der Waals surface area contributed by atoms with Gasteiger partial charge in [-0.25, -0.2) is 9.78 Å². The summed E-state index contributed by atoms with van der Waals surface area (Å²) in [7, 11) is 0. The molecule has 0 saturated heterocycles. The molecule has 0 fully saturated rings. The van der Waals surface area contributed by atoms with Gasteiger partial charge in [0.05, 0.1) is 33.0 Å². The number of aryl methyl sites for hydroxylation is 1. The van der Waals surface area contributed by atoms with Gasteiger partial charge < -0.3 is 4.74 Å². The van der Waals surface area contributed by atoms with Gasteiger partial charge in [0.2, 0.25) is 0 Å². The van der Waals surface area contributed by atoms with Gasteiger partial charge in [0.1, 0.15) is 6.10 Å². The first-order chi connectivity index (χ1) is 10.6. The average molecular weight is 331 g/mol. The molecule has 0 spiro atoms. The van der Waals surface area contributed by atoms with Crippen LogP contribution in [-0.2, 0) is 4.74 Å². The highest BCUT2D eigenvalue weighted by Gasteiger charge is 2.17. The highest BCUT2D eigenvalue weighted by atomic mass is 32.1. The number of carbonyl (C=O) groups excluding carboxylic acids is 1. The van der Waals surface area contributed by atoms with Crippen molar-refractivity contribution in [2.24, 2.45) is 0 Å². The van der Waals surface area contributed by atoms with Crippen LogP contribution in [-0.4, -0.2) is 20.9 Å². The van der Waals surface area contributed by atoms with E-state index < -0.39 is 6.10 Å². The van der Waals surface area contributed by atoms with Gasteiger partial charge in [0.25, 0.3) is 0 Å². The molecule has 0 aliphatic carbocycles. The van der Waals surface area contributed by atoms with Gasteiger partial charge in [0.15, 0.2) is 0 Å². The number of aromatic nitrogens is 3. The number of hydrogen-bond acceptors (Lipinski definition) is 7. The van der Waals surface area contributed by atoms with E-state index in [1.165, 1.54) is 11.3 Å². The summed E-state index contributed by atoms with van der Waals surface area (Å²) in [5.41, 5.74) is 2.05. The molecule has 0 aromatic carbocycles. The van der Waals surface area contributed by atoms with Gasteiger partial charge >= 0.3 is 5.97 Å². The molecule has 3 heterocycles. The van der Waals surface area contributed by atoms with Crippen molar-refractivity contribution in [3.8, 4) is 10.6 Å². The molecular weight excluding hydrogens is 318 g/mol. The van der Waals surface area contributed by atoms with Crippen molar-refractivity contribution in [2.45, 2.75) is 20.0 Å². The van der Waals surface area contributed by atoms with Crippen molar-refractivity contribution in [3.05, 3.63) is 51.7 Å². The highest BCUT2D eigenvalue weighted by Crippen LogP contribution is 2.29. The van der Waals surface area contributed by atoms with Crippen molar-refractivity contribution in [1.29, 1.82) is 0 Å². The van der Waals surface area contributed by atoms with Crippen LogP contribution in [0.2, 0.25) is 0 Å². The lowest BCUT2D eigenvalue weighted by Gasteiger charge is -2.11. The standard InChI is InChI=1S/C15H13N3O2S2/c1-9(12-6-16-3-4-17-12)20-15(19)11-5-14(22-7-11)13-8-21-10(2)18-13/h3-9H,1-2H3. The molecule has 1 unspecified atom stereocenters. The van der Waals surface area contributed by atoms with E-state index in [0.29, 0.717) is 11.3 Å². The molecule has 0 aliphatic rings. The Labute approximate surface area is 135 Å². The molecule has 7 heteroatoms. The van der Waals surface area contributed by atoms with Crippen LogP contribution in [0.3, 0.4) is 0 Å². The lowest BCUT2D eigenvalue weighted by Crippen LogP contribution is -2.09. The lowest BCUT2D eigenvalue weighted by molar-refractivity contribution is 0.0329. The smallest absolute Gasteiger partial charge is 0.339 e. The lowest BCUT2D eigenvalue weighted by atomic mass is 10.2. The Morgan fingerprint density at radius 1 is 1.27 bits per heavy atom. The summed E-state index contributed by atoms with van der Waals surface area (Å²) in [5, 5.41) is 4.78. The van der Waals surface area contributed by atoms with E-state index in [9.17, 15) is 4.79 Å². The maximum atomic E-state index is 12.2. The van der Waals surface area contributed by atoms with E-state index in [2.05, 4.69) is 15.0 Å². The second-order valence-corrected chi connectivity index (χ2v) is 6.60. The maximum Gasteiger partial charge on any atom is 0.339 e. The van der Waals surface area contributed by atoms with Crippen LogP contribution in [0, 0.1) is 6.92 Å². The maximum absolute atomic E-state index is 12.2. The third-order valence-corrected chi connectivity index (χ3v) is 4.72. The summed E-state index contributed by atoms with van der Waals surface area (Å²) in [4.78, 5) is 25.7. The number of carbonyl (C=O) groups is 1. The van der Waals surface area contributed by atoms with Gasteiger partial charge in [-0.1, -0.05) is 0 Å². The van der Waals surface area contributed by atoms with Gasteiger partial charge in [-0.05, 0) is 19.9 Å². The number of thiazole rings is 1. The summed E-state index contributed by atoms with van der Waals surface area (Å²) in [5.74, 6) is -0.368. The predicted octanol–water partition coefficient (Wildman–Crippen LogP) is 3.89. The van der Waals surface area contributed by atoms with Gasteiger partial charge in [-0.3, -0.25) is 9.97 Å². The number of rotatable bonds is 4. The Bertz CT molecular complexity index is 783. The molecule has 3 aromatic heterocycles. The third-order valence-electron chi connectivity index (χ3n) is 2.99. The first kappa shape index (κ1) is 14.8. The fraction of sp³-hybridized carbons (Fsp3) is 0.200. The fourth-order valence-corrected chi connectivity index (χ4v) is 3.39. The van der Waals surface area contributed by atoms with Crippen molar-refractivity contribution < 1.29 is 9.53 Å². The zero-order valence-corrected chi connectivity index (χ0v) is 13.6.